The summed E-state index contributed by atoms with van der Waals surface area (Å²) in [7, 11) is 0. The van der Waals surface area contributed by atoms with Gasteiger partial charge in [-0.05, 0) is 120 Å². The third kappa shape index (κ3) is 12.9. The number of rotatable bonds is 10. The highest BCUT2D eigenvalue weighted by molar-refractivity contribution is 7.27. The first-order valence-corrected chi connectivity index (χ1v) is 46.8. The van der Waals surface area contributed by atoms with Crippen molar-refractivity contribution in [2.24, 2.45) is 0 Å². The van der Waals surface area contributed by atoms with Gasteiger partial charge in [0.15, 0.2) is 17.5 Å². The highest BCUT2D eigenvalue weighted by atomic mass is 32.1. The average Bonchev–Trinajstić information content (AvgIpc) is 1.60. The Morgan fingerprint density at radius 2 is 0.402 bits per heavy atom. The SMILES string of the molecule is c1ccc(-c2ccc(-c3nc(-c4cc(-n5c6ccccc6c6ccccc65)cc5c4sc4ccccc45)nc4ccccc34)cc2)cc1.c1ccc(-c2nc(-c3cc(-n4c5ccccc5c5ccccc54)cc4c3sc3ccccc34)c3ccccc3n2)cc1.c1ccc(-c2nc(-c3cc(-n4c5ccccc5c5ccccc54)cc4c3sc3ccccc34)nc3ccccc23)cc1. The second kappa shape index (κ2) is 31.6. The molecule has 0 atom stereocenters. The maximum atomic E-state index is 5.40. The van der Waals surface area contributed by atoms with Gasteiger partial charge in [0.2, 0.25) is 0 Å². The van der Waals surface area contributed by atoms with E-state index in [1.54, 1.807) is 0 Å². The van der Waals surface area contributed by atoms with E-state index in [0.29, 0.717) is 0 Å². The lowest BCUT2D eigenvalue weighted by Crippen LogP contribution is -1.98. The summed E-state index contributed by atoms with van der Waals surface area (Å²) in [6.45, 7) is 0. The molecule has 28 aromatic rings. The van der Waals surface area contributed by atoms with Crippen molar-refractivity contribution in [1.29, 1.82) is 0 Å². The molecule has 0 aliphatic heterocycles. The highest BCUT2D eigenvalue weighted by Gasteiger charge is 2.26. The second-order valence-corrected chi connectivity index (χ2v) is 36.6. The van der Waals surface area contributed by atoms with E-state index in [0.717, 1.165) is 118 Å². The highest BCUT2D eigenvalue weighted by Crippen LogP contribution is 2.49. The normalized spacial score (nSPS) is 11.8. The average molecular weight is 1740 g/mol. The predicted molar refractivity (Wildman–Crippen MR) is 558 cm³/mol. The molecule has 19 aromatic carbocycles. The van der Waals surface area contributed by atoms with Crippen LogP contribution in [-0.4, -0.2) is 43.6 Å². The van der Waals surface area contributed by atoms with Crippen molar-refractivity contribution in [1.82, 2.24) is 43.6 Å². The molecular weight excluding hydrogens is 1660 g/mol. The Morgan fingerprint density at radius 3 is 0.765 bits per heavy atom. The number of hydrogen-bond acceptors (Lipinski definition) is 9. The zero-order valence-corrected chi connectivity index (χ0v) is 73.3. The maximum absolute atomic E-state index is 5.40. The zero-order valence-electron chi connectivity index (χ0n) is 70.9. The van der Waals surface area contributed by atoms with E-state index in [9.17, 15) is 0 Å². The van der Waals surface area contributed by atoms with Gasteiger partial charge in [-0.1, -0.05) is 334 Å². The molecule has 0 spiro atoms. The Balaban J connectivity index is 0.000000104. The molecule has 9 aromatic heterocycles. The van der Waals surface area contributed by atoms with Gasteiger partial charge in [0, 0.05) is 159 Å². The van der Waals surface area contributed by atoms with Gasteiger partial charge in [-0.15, -0.1) is 34.0 Å². The molecule has 0 amide bonds. The first-order chi connectivity index (χ1) is 65.5. The van der Waals surface area contributed by atoms with E-state index >= 15 is 0 Å². The zero-order chi connectivity index (χ0) is 86.9. The molecule has 616 valence electrons. The van der Waals surface area contributed by atoms with E-state index < -0.39 is 0 Å². The Labute approximate surface area is 769 Å². The second-order valence-electron chi connectivity index (χ2n) is 33.4. The summed E-state index contributed by atoms with van der Waals surface area (Å²) in [6.07, 6.45) is 0. The number of para-hydroxylation sites is 9. The number of benzene rings is 19. The molecule has 9 heterocycles. The van der Waals surface area contributed by atoms with Gasteiger partial charge in [0.1, 0.15) is 0 Å². The Kier molecular flexibility index (Phi) is 18.3. The quantitative estimate of drug-likeness (QED) is 0.135. The van der Waals surface area contributed by atoms with Gasteiger partial charge in [-0.3, -0.25) is 0 Å². The summed E-state index contributed by atoms with van der Waals surface area (Å²) in [5.41, 5.74) is 24.9. The van der Waals surface area contributed by atoms with Crippen molar-refractivity contribution < 1.29 is 0 Å². The van der Waals surface area contributed by atoms with Gasteiger partial charge in [-0.2, -0.15) is 0 Å². The van der Waals surface area contributed by atoms with Crippen molar-refractivity contribution >= 4 is 193 Å². The molecule has 0 saturated carbocycles. The van der Waals surface area contributed by atoms with Gasteiger partial charge in [-0.25, -0.2) is 29.9 Å². The molecule has 9 nitrogen and oxygen atoms in total. The maximum Gasteiger partial charge on any atom is 0.161 e. The summed E-state index contributed by atoms with van der Waals surface area (Å²) in [6, 6.07) is 157. The van der Waals surface area contributed by atoms with Crippen LogP contribution >= 0.6 is 34.0 Å². The third-order valence-electron chi connectivity index (χ3n) is 25.8. The monoisotopic (exact) mass is 1740 g/mol. The van der Waals surface area contributed by atoms with E-state index in [-0.39, 0.29) is 0 Å². The lowest BCUT2D eigenvalue weighted by molar-refractivity contribution is 1.18. The number of thiophene rings is 3. The lowest BCUT2D eigenvalue weighted by Gasteiger charge is -2.14. The van der Waals surface area contributed by atoms with E-state index in [1.165, 1.54) is 137 Å². The van der Waals surface area contributed by atoms with Crippen molar-refractivity contribution in [3.8, 4) is 96.1 Å². The van der Waals surface area contributed by atoms with Crippen LogP contribution in [0.3, 0.4) is 0 Å². The summed E-state index contributed by atoms with van der Waals surface area (Å²) in [4.78, 5) is 31.4. The standard InChI is InChI=1S/C44H27N3S.2C38H23N3S/c1-2-12-28(13-3-1)29-22-24-30(25-23-29)42-35-17-4-8-18-38(35)45-44(46-42)37-27-31(26-36-34-16-7-11-21-41(34)48-43(36)37)47-39-19-9-5-14-32(39)33-15-6-10-20-40(33)47;1-2-12-24(13-3-1)38-39-32-18-8-4-17-29(32)36(40-38)31-23-25(22-30-28-16-7-11-21-35(28)42-37(30)31)41-33-19-9-5-14-26(33)27-15-6-10-20-34(27)41;1-2-12-24(13-3-1)36-29-17-4-8-18-32(29)39-38(40-36)31-23-25(22-30-28-16-7-11-21-35(28)42-37(30)31)41-33-19-9-5-14-26(33)27-15-6-10-20-34(27)41/h1-27H;2*1-23H. The van der Waals surface area contributed by atoms with Crippen molar-refractivity contribution in [3.63, 3.8) is 0 Å². The molecule has 0 saturated heterocycles. The van der Waals surface area contributed by atoms with Crippen molar-refractivity contribution in [2.75, 3.05) is 0 Å². The number of aromatic nitrogens is 9. The van der Waals surface area contributed by atoms with Crippen molar-refractivity contribution in [3.05, 3.63) is 443 Å². The van der Waals surface area contributed by atoms with Gasteiger partial charge >= 0.3 is 0 Å². The molecule has 0 N–H and O–H groups in total. The summed E-state index contributed by atoms with van der Waals surface area (Å²) in [5.74, 6) is 2.21. The fourth-order valence-electron chi connectivity index (χ4n) is 19.8. The molecule has 0 aliphatic carbocycles. The predicted octanol–water partition coefficient (Wildman–Crippen LogP) is 33.0. The molecule has 0 bridgehead atoms. The Hall–Kier alpha value is -16.7. The molecule has 0 radical (unpaired) electrons. The number of hydrogen-bond donors (Lipinski definition) is 0. The topological polar surface area (TPSA) is 92.1 Å². The van der Waals surface area contributed by atoms with Crippen LogP contribution in [0, 0.1) is 0 Å². The van der Waals surface area contributed by atoms with Gasteiger partial charge in [0.05, 0.1) is 66.7 Å². The molecule has 0 unspecified atom stereocenters. The molecule has 132 heavy (non-hydrogen) atoms. The largest absolute Gasteiger partial charge is 0.309 e. The number of fused-ring (bicyclic) bond motifs is 21. The fraction of sp³-hybridized carbons (Fsp3) is 0. The minimum atomic E-state index is 0.731. The molecule has 28 rings (SSSR count). The Bertz CT molecular complexity index is 9330. The van der Waals surface area contributed by atoms with Crippen LogP contribution in [0.15, 0.2) is 443 Å². The minimum Gasteiger partial charge on any atom is -0.309 e. The van der Waals surface area contributed by atoms with Crippen LogP contribution in [-0.2, 0) is 0 Å². The molecule has 0 aliphatic rings. The van der Waals surface area contributed by atoms with E-state index in [4.69, 9.17) is 29.9 Å². The fourth-order valence-corrected chi connectivity index (χ4v) is 23.4. The van der Waals surface area contributed by atoms with E-state index in [1.807, 2.05) is 58.3 Å². The van der Waals surface area contributed by atoms with Crippen LogP contribution in [0.2, 0.25) is 0 Å². The van der Waals surface area contributed by atoms with Crippen LogP contribution in [0.25, 0.3) is 255 Å². The minimum absolute atomic E-state index is 0.731. The number of nitrogens with zero attached hydrogens (tertiary/aromatic N) is 9. The van der Waals surface area contributed by atoms with Gasteiger partial charge in [0.25, 0.3) is 0 Å². The molecule has 0 fully saturated rings. The van der Waals surface area contributed by atoms with Crippen LogP contribution in [0.5, 0.6) is 0 Å². The third-order valence-corrected chi connectivity index (χ3v) is 29.5. The lowest BCUT2D eigenvalue weighted by atomic mass is 10.0. The smallest absolute Gasteiger partial charge is 0.161 e. The summed E-state index contributed by atoms with van der Waals surface area (Å²) < 4.78 is 14.6. The summed E-state index contributed by atoms with van der Waals surface area (Å²) >= 11 is 5.46. The summed E-state index contributed by atoms with van der Waals surface area (Å²) in [5, 5.41) is 18.1. The molecule has 12 heteroatoms. The Morgan fingerprint density at radius 1 is 0.159 bits per heavy atom. The van der Waals surface area contributed by atoms with Crippen LogP contribution < -0.4 is 0 Å². The van der Waals surface area contributed by atoms with Gasteiger partial charge < -0.3 is 13.7 Å². The van der Waals surface area contributed by atoms with Crippen LogP contribution in [0.4, 0.5) is 0 Å². The first kappa shape index (κ1) is 76.5. The first-order valence-electron chi connectivity index (χ1n) is 44.4. The molecular formula is C120H73N9S3. The van der Waals surface area contributed by atoms with Crippen LogP contribution in [0.1, 0.15) is 0 Å². The van der Waals surface area contributed by atoms with E-state index in [2.05, 4.69) is 432 Å². The van der Waals surface area contributed by atoms with Crippen molar-refractivity contribution in [2.45, 2.75) is 0 Å².